The van der Waals surface area contributed by atoms with Crippen molar-refractivity contribution in [2.24, 2.45) is 0 Å². The van der Waals surface area contributed by atoms with Gasteiger partial charge in [0.05, 0.1) is 15.7 Å². The van der Waals surface area contributed by atoms with Crippen molar-refractivity contribution >= 4 is 40.5 Å². The minimum Gasteiger partial charge on any atom is -0.478 e. The van der Waals surface area contributed by atoms with Crippen molar-refractivity contribution in [2.45, 2.75) is 6.92 Å². The fraction of sp³-hybridized carbons (Fsp3) is 0.0714. The Hall–Kier alpha value is -1.89. The molecule has 0 aliphatic rings. The number of aromatic amines is 1. The summed E-state index contributed by atoms with van der Waals surface area (Å²) in [6, 6.07) is 5.22. The number of hydrogen-bond donors (Lipinski definition) is 2. The third-order valence-electron chi connectivity index (χ3n) is 3.08. The number of thiazole rings is 1. The number of H-pyrrole nitrogens is 1. The highest BCUT2D eigenvalue weighted by Gasteiger charge is 2.21. The molecule has 0 saturated carbocycles. The van der Waals surface area contributed by atoms with Crippen molar-refractivity contribution in [1.82, 2.24) is 15.2 Å². The van der Waals surface area contributed by atoms with Gasteiger partial charge in [-0.1, -0.05) is 29.3 Å². The first-order valence-corrected chi connectivity index (χ1v) is 7.80. The predicted molar refractivity (Wildman–Crippen MR) is 86.8 cm³/mol. The highest BCUT2D eigenvalue weighted by molar-refractivity contribution is 7.13. The van der Waals surface area contributed by atoms with Crippen molar-refractivity contribution in [3.05, 3.63) is 44.9 Å². The molecule has 0 radical (unpaired) electrons. The van der Waals surface area contributed by atoms with E-state index in [0.29, 0.717) is 32.1 Å². The lowest BCUT2D eigenvalue weighted by Gasteiger charge is -1.99. The number of carboxylic acid groups (broad SMARTS) is 1. The van der Waals surface area contributed by atoms with E-state index in [-0.39, 0.29) is 5.56 Å². The molecule has 0 aliphatic carbocycles. The van der Waals surface area contributed by atoms with Crippen LogP contribution in [-0.4, -0.2) is 26.3 Å². The Morgan fingerprint density at radius 1 is 1.32 bits per heavy atom. The van der Waals surface area contributed by atoms with Gasteiger partial charge in [-0.3, -0.25) is 5.10 Å². The molecule has 0 aliphatic heterocycles. The molecule has 0 saturated heterocycles. The molecule has 8 heteroatoms. The van der Waals surface area contributed by atoms with Crippen molar-refractivity contribution < 1.29 is 9.90 Å². The number of aryl methyl sites for hydroxylation is 1. The first-order valence-electron chi connectivity index (χ1n) is 6.17. The summed E-state index contributed by atoms with van der Waals surface area (Å²) in [4.78, 5) is 15.8. The molecule has 3 rings (SSSR count). The van der Waals surface area contributed by atoms with Crippen LogP contribution < -0.4 is 0 Å². The van der Waals surface area contributed by atoms with Gasteiger partial charge < -0.3 is 5.11 Å². The van der Waals surface area contributed by atoms with Crippen LogP contribution in [0.15, 0.2) is 23.6 Å². The average Bonchev–Trinajstić information content (AvgIpc) is 3.08. The van der Waals surface area contributed by atoms with E-state index in [1.165, 1.54) is 11.3 Å². The highest BCUT2D eigenvalue weighted by atomic mass is 35.5. The maximum atomic E-state index is 11.3. The Balaban J connectivity index is 2.04. The monoisotopic (exact) mass is 353 g/mol. The number of carboxylic acids is 1. The Morgan fingerprint density at radius 3 is 2.77 bits per heavy atom. The first-order chi connectivity index (χ1) is 10.5. The summed E-state index contributed by atoms with van der Waals surface area (Å²) >= 11 is 13.2. The molecule has 22 heavy (non-hydrogen) atoms. The lowest BCUT2D eigenvalue weighted by atomic mass is 10.1. The number of rotatable bonds is 3. The minimum atomic E-state index is -1.03. The Morgan fingerprint density at radius 2 is 2.09 bits per heavy atom. The van der Waals surface area contributed by atoms with Gasteiger partial charge in [0.15, 0.2) is 0 Å². The van der Waals surface area contributed by atoms with E-state index >= 15 is 0 Å². The van der Waals surface area contributed by atoms with Crippen LogP contribution in [0, 0.1) is 6.92 Å². The van der Waals surface area contributed by atoms with Gasteiger partial charge in [-0.15, -0.1) is 11.3 Å². The van der Waals surface area contributed by atoms with Crippen LogP contribution >= 0.6 is 34.5 Å². The van der Waals surface area contributed by atoms with E-state index in [1.54, 1.807) is 25.1 Å². The number of aromatic carboxylic acids is 1. The topological polar surface area (TPSA) is 78.9 Å². The van der Waals surface area contributed by atoms with Crippen molar-refractivity contribution in [1.29, 1.82) is 0 Å². The van der Waals surface area contributed by atoms with E-state index in [4.69, 9.17) is 23.2 Å². The number of aromatic nitrogens is 3. The summed E-state index contributed by atoms with van der Waals surface area (Å²) in [7, 11) is 0. The van der Waals surface area contributed by atoms with Crippen LogP contribution in [0.5, 0.6) is 0 Å². The molecule has 0 unspecified atom stereocenters. The maximum absolute atomic E-state index is 11.3. The third-order valence-corrected chi connectivity index (χ3v) is 4.67. The van der Waals surface area contributed by atoms with Crippen LogP contribution in [0.3, 0.4) is 0 Å². The van der Waals surface area contributed by atoms with E-state index in [2.05, 4.69) is 15.2 Å². The van der Waals surface area contributed by atoms with Gasteiger partial charge in [0.1, 0.15) is 16.3 Å². The summed E-state index contributed by atoms with van der Waals surface area (Å²) in [5, 5.41) is 19.3. The largest absolute Gasteiger partial charge is 0.478 e. The quantitative estimate of drug-likeness (QED) is 0.725. The molecular formula is C14H9Cl2N3O2S. The summed E-state index contributed by atoms with van der Waals surface area (Å²) < 4.78 is 0. The SMILES string of the molecule is Cc1[nH]nc(-c2nc(-c3ccc(Cl)c(Cl)c3)cs2)c1C(=O)O. The molecule has 2 N–H and O–H groups in total. The second-order valence-corrected chi connectivity index (χ2v) is 6.22. The molecule has 0 bridgehead atoms. The number of carbonyl (C=O) groups is 1. The fourth-order valence-electron chi connectivity index (χ4n) is 2.02. The van der Waals surface area contributed by atoms with Crippen molar-refractivity contribution in [3.63, 3.8) is 0 Å². The number of nitrogens with zero attached hydrogens (tertiary/aromatic N) is 2. The smallest absolute Gasteiger partial charge is 0.339 e. The molecule has 112 valence electrons. The van der Waals surface area contributed by atoms with Crippen LogP contribution in [0.4, 0.5) is 0 Å². The zero-order valence-electron chi connectivity index (χ0n) is 11.2. The lowest BCUT2D eigenvalue weighted by Crippen LogP contribution is -1.99. The predicted octanol–water partition coefficient (Wildman–Crippen LogP) is 4.51. The molecular weight excluding hydrogens is 345 g/mol. The number of halogens is 2. The van der Waals surface area contributed by atoms with E-state index in [1.807, 2.05) is 5.38 Å². The lowest BCUT2D eigenvalue weighted by molar-refractivity contribution is 0.0697. The molecule has 1 aromatic carbocycles. The molecule has 3 aromatic rings. The Kier molecular flexibility index (Phi) is 3.90. The Labute approximate surface area is 139 Å². The van der Waals surface area contributed by atoms with Gasteiger partial charge in [-0.05, 0) is 19.1 Å². The first kappa shape index (κ1) is 15.0. The van der Waals surface area contributed by atoms with Crippen LogP contribution in [-0.2, 0) is 0 Å². The summed E-state index contributed by atoms with van der Waals surface area (Å²) in [6.45, 7) is 1.66. The molecule has 0 amide bonds. The fourth-order valence-corrected chi connectivity index (χ4v) is 3.14. The molecule has 0 atom stereocenters. The maximum Gasteiger partial charge on any atom is 0.339 e. The van der Waals surface area contributed by atoms with E-state index in [9.17, 15) is 9.90 Å². The second-order valence-electron chi connectivity index (χ2n) is 4.54. The van der Waals surface area contributed by atoms with Crippen molar-refractivity contribution in [3.8, 4) is 22.0 Å². The van der Waals surface area contributed by atoms with Gasteiger partial charge in [0, 0.05) is 16.6 Å². The number of benzene rings is 1. The van der Waals surface area contributed by atoms with E-state index < -0.39 is 5.97 Å². The summed E-state index contributed by atoms with van der Waals surface area (Å²) in [5.41, 5.74) is 2.46. The number of hydrogen-bond acceptors (Lipinski definition) is 4. The van der Waals surface area contributed by atoms with E-state index in [0.717, 1.165) is 5.56 Å². The van der Waals surface area contributed by atoms with Gasteiger partial charge >= 0.3 is 5.97 Å². The zero-order chi connectivity index (χ0) is 15.9. The normalized spacial score (nSPS) is 10.9. The number of nitrogens with one attached hydrogen (secondary N) is 1. The molecule has 5 nitrogen and oxygen atoms in total. The zero-order valence-corrected chi connectivity index (χ0v) is 13.6. The molecule has 0 spiro atoms. The van der Waals surface area contributed by atoms with Gasteiger partial charge in [0.2, 0.25) is 0 Å². The summed E-state index contributed by atoms with van der Waals surface area (Å²) in [6.07, 6.45) is 0. The van der Waals surface area contributed by atoms with Crippen LogP contribution in [0.1, 0.15) is 16.1 Å². The van der Waals surface area contributed by atoms with Gasteiger partial charge in [-0.2, -0.15) is 5.10 Å². The molecule has 0 fully saturated rings. The average molecular weight is 354 g/mol. The van der Waals surface area contributed by atoms with Gasteiger partial charge in [-0.25, -0.2) is 9.78 Å². The summed E-state index contributed by atoms with van der Waals surface area (Å²) in [5.74, 6) is -1.03. The molecule has 2 heterocycles. The standard InChI is InChI=1S/C14H9Cl2N3O2S/c1-6-11(14(20)21)12(19-18-6)13-17-10(5-22-13)7-2-3-8(15)9(16)4-7/h2-5H,1H3,(H,18,19)(H,20,21). The van der Waals surface area contributed by atoms with Crippen LogP contribution in [0.2, 0.25) is 10.0 Å². The molecule has 2 aromatic heterocycles. The second kappa shape index (κ2) is 5.72. The third kappa shape index (κ3) is 2.61. The van der Waals surface area contributed by atoms with Crippen molar-refractivity contribution in [2.75, 3.05) is 0 Å². The van der Waals surface area contributed by atoms with Crippen LogP contribution in [0.25, 0.3) is 22.0 Å². The Bertz CT molecular complexity index is 873. The minimum absolute atomic E-state index is 0.134. The highest BCUT2D eigenvalue weighted by Crippen LogP contribution is 2.33. The van der Waals surface area contributed by atoms with Gasteiger partial charge in [0.25, 0.3) is 0 Å².